The predicted octanol–water partition coefficient (Wildman–Crippen LogP) is 2.49. The number of hydrogen-bond donors (Lipinski definition) is 1. The maximum atomic E-state index is 11.8. The third-order valence-electron chi connectivity index (χ3n) is 3.67. The molecule has 0 radical (unpaired) electrons. The van der Waals surface area contributed by atoms with Crippen LogP contribution >= 0.6 is 0 Å². The summed E-state index contributed by atoms with van der Waals surface area (Å²) in [6.45, 7) is 1.77. The highest BCUT2D eigenvalue weighted by Gasteiger charge is 2.21. The summed E-state index contributed by atoms with van der Waals surface area (Å²) < 4.78 is 11.7. The Morgan fingerprint density at radius 2 is 1.82 bits per heavy atom. The molecule has 0 atom stereocenters. The van der Waals surface area contributed by atoms with E-state index in [0.717, 1.165) is 0 Å². The first-order chi connectivity index (χ1) is 10.4. The summed E-state index contributed by atoms with van der Waals surface area (Å²) in [5.41, 5.74) is 2.32. The van der Waals surface area contributed by atoms with Gasteiger partial charge in [0.1, 0.15) is 5.75 Å². The largest absolute Gasteiger partial charge is 0.497 e. The van der Waals surface area contributed by atoms with Crippen LogP contribution in [0.15, 0.2) is 24.3 Å². The molecule has 0 unspecified atom stereocenters. The number of aromatic nitrogens is 1. The topological polar surface area (TPSA) is 77.8 Å². The van der Waals surface area contributed by atoms with Crippen molar-refractivity contribution in [3.63, 3.8) is 0 Å². The lowest BCUT2D eigenvalue weighted by Crippen LogP contribution is -2.04. The summed E-state index contributed by atoms with van der Waals surface area (Å²) in [4.78, 5) is 23.2. The normalized spacial score (nSPS) is 10.4. The summed E-state index contributed by atoms with van der Waals surface area (Å²) in [5, 5.41) is 9.37. The molecule has 1 aromatic heterocycles. The Labute approximate surface area is 127 Å². The fraction of sp³-hybridized carbons (Fsp3) is 0.250. The number of aromatic carboxylic acids is 1. The zero-order chi connectivity index (χ0) is 16.4. The maximum absolute atomic E-state index is 11.8. The van der Waals surface area contributed by atoms with Crippen LogP contribution in [0.3, 0.4) is 0 Å². The third-order valence-corrected chi connectivity index (χ3v) is 3.67. The quantitative estimate of drug-likeness (QED) is 0.878. The average molecular weight is 303 g/mol. The second-order valence-electron chi connectivity index (χ2n) is 4.80. The van der Waals surface area contributed by atoms with Crippen molar-refractivity contribution in [1.82, 2.24) is 4.57 Å². The van der Waals surface area contributed by atoms with E-state index in [0.29, 0.717) is 28.3 Å². The van der Waals surface area contributed by atoms with Crippen molar-refractivity contribution < 1.29 is 24.2 Å². The minimum atomic E-state index is -1.05. The van der Waals surface area contributed by atoms with Crippen LogP contribution in [-0.2, 0) is 11.8 Å². The van der Waals surface area contributed by atoms with Gasteiger partial charge in [-0.2, -0.15) is 0 Å². The molecule has 2 rings (SSSR count). The highest BCUT2D eigenvalue weighted by atomic mass is 16.5. The average Bonchev–Trinajstić information content (AvgIpc) is 2.81. The van der Waals surface area contributed by atoms with Gasteiger partial charge in [0.05, 0.1) is 25.3 Å². The van der Waals surface area contributed by atoms with Gasteiger partial charge in [0.2, 0.25) is 0 Å². The molecule has 116 valence electrons. The van der Waals surface area contributed by atoms with Crippen molar-refractivity contribution in [2.75, 3.05) is 14.2 Å². The van der Waals surface area contributed by atoms with E-state index in [1.807, 2.05) is 0 Å². The van der Waals surface area contributed by atoms with Gasteiger partial charge in [0.15, 0.2) is 0 Å². The van der Waals surface area contributed by atoms with Crippen LogP contribution < -0.4 is 4.74 Å². The van der Waals surface area contributed by atoms with Crippen LogP contribution in [0.2, 0.25) is 0 Å². The molecule has 1 heterocycles. The number of methoxy groups -OCH3 is 2. The lowest BCUT2D eigenvalue weighted by Gasteiger charge is -2.10. The first kappa shape index (κ1) is 15.6. The number of carbonyl (C=O) groups is 2. The number of rotatable bonds is 4. The van der Waals surface area contributed by atoms with Crippen molar-refractivity contribution in [2.24, 2.45) is 7.05 Å². The molecule has 0 saturated heterocycles. The first-order valence-electron chi connectivity index (χ1n) is 6.57. The Morgan fingerprint density at radius 3 is 2.36 bits per heavy atom. The molecule has 0 amide bonds. The van der Waals surface area contributed by atoms with E-state index in [2.05, 4.69) is 0 Å². The second kappa shape index (κ2) is 5.93. The number of carboxylic acids is 1. The second-order valence-corrected chi connectivity index (χ2v) is 4.80. The minimum Gasteiger partial charge on any atom is -0.497 e. The SMILES string of the molecule is COC(=O)c1cc(-c2cc(OC)ccc2C(=O)O)n(C)c1C. The summed E-state index contributed by atoms with van der Waals surface area (Å²) in [6, 6.07) is 6.34. The molecular weight excluding hydrogens is 286 g/mol. The van der Waals surface area contributed by atoms with Crippen LogP contribution in [0.25, 0.3) is 11.3 Å². The lowest BCUT2D eigenvalue weighted by molar-refractivity contribution is 0.0599. The zero-order valence-electron chi connectivity index (χ0n) is 12.8. The van der Waals surface area contributed by atoms with Crippen LogP contribution in [0.1, 0.15) is 26.4 Å². The zero-order valence-corrected chi connectivity index (χ0v) is 12.8. The van der Waals surface area contributed by atoms with E-state index >= 15 is 0 Å². The third kappa shape index (κ3) is 2.55. The maximum Gasteiger partial charge on any atom is 0.339 e. The molecule has 6 nitrogen and oxygen atoms in total. The highest BCUT2D eigenvalue weighted by molar-refractivity contribution is 5.98. The van der Waals surface area contributed by atoms with Crippen molar-refractivity contribution in [1.29, 1.82) is 0 Å². The highest BCUT2D eigenvalue weighted by Crippen LogP contribution is 2.31. The summed E-state index contributed by atoms with van der Waals surface area (Å²) in [7, 11) is 4.58. The molecule has 0 aliphatic carbocycles. The van der Waals surface area contributed by atoms with E-state index in [1.54, 1.807) is 36.7 Å². The number of hydrogen-bond acceptors (Lipinski definition) is 4. The monoisotopic (exact) mass is 303 g/mol. The smallest absolute Gasteiger partial charge is 0.339 e. The summed E-state index contributed by atoms with van der Waals surface area (Å²) >= 11 is 0. The lowest BCUT2D eigenvalue weighted by atomic mass is 10.0. The van der Waals surface area contributed by atoms with E-state index in [4.69, 9.17) is 9.47 Å². The van der Waals surface area contributed by atoms with Gasteiger partial charge < -0.3 is 19.1 Å². The molecule has 1 N–H and O–H groups in total. The van der Waals surface area contributed by atoms with Gasteiger partial charge in [-0.3, -0.25) is 0 Å². The van der Waals surface area contributed by atoms with E-state index in [9.17, 15) is 14.7 Å². The Hall–Kier alpha value is -2.76. The molecular formula is C16H17NO5. The van der Waals surface area contributed by atoms with Crippen molar-refractivity contribution in [3.05, 3.63) is 41.1 Å². The van der Waals surface area contributed by atoms with Crippen LogP contribution in [-0.4, -0.2) is 35.8 Å². The predicted molar refractivity (Wildman–Crippen MR) is 80.4 cm³/mol. The van der Waals surface area contributed by atoms with Crippen molar-refractivity contribution >= 4 is 11.9 Å². The summed E-state index contributed by atoms with van der Waals surface area (Å²) in [5.74, 6) is -0.964. The molecule has 22 heavy (non-hydrogen) atoms. The number of nitrogens with zero attached hydrogens (tertiary/aromatic N) is 1. The first-order valence-corrected chi connectivity index (χ1v) is 6.57. The van der Waals surface area contributed by atoms with Gasteiger partial charge in [0, 0.05) is 24.0 Å². The number of carbonyl (C=O) groups excluding carboxylic acids is 1. The van der Waals surface area contributed by atoms with Gasteiger partial charge in [0.25, 0.3) is 0 Å². The molecule has 1 aromatic carbocycles. The van der Waals surface area contributed by atoms with Crippen molar-refractivity contribution in [3.8, 4) is 17.0 Å². The van der Waals surface area contributed by atoms with Crippen LogP contribution in [0.5, 0.6) is 5.75 Å². The Balaban J connectivity index is 2.70. The van der Waals surface area contributed by atoms with Gasteiger partial charge >= 0.3 is 11.9 Å². The van der Waals surface area contributed by atoms with Gasteiger partial charge in [-0.15, -0.1) is 0 Å². The van der Waals surface area contributed by atoms with Crippen LogP contribution in [0.4, 0.5) is 0 Å². The van der Waals surface area contributed by atoms with Gasteiger partial charge in [-0.1, -0.05) is 0 Å². The number of esters is 1. The molecule has 0 aliphatic rings. The molecule has 0 bridgehead atoms. The molecule has 0 spiro atoms. The fourth-order valence-corrected chi connectivity index (χ4v) is 2.32. The van der Waals surface area contributed by atoms with E-state index < -0.39 is 11.9 Å². The Bertz CT molecular complexity index is 745. The number of carboxylic acid groups (broad SMARTS) is 1. The fourth-order valence-electron chi connectivity index (χ4n) is 2.32. The Kier molecular flexibility index (Phi) is 4.21. The number of ether oxygens (including phenoxy) is 2. The van der Waals surface area contributed by atoms with Gasteiger partial charge in [-0.25, -0.2) is 9.59 Å². The molecule has 0 fully saturated rings. The molecule has 2 aromatic rings. The Morgan fingerprint density at radius 1 is 1.14 bits per heavy atom. The summed E-state index contributed by atoms with van der Waals surface area (Å²) in [6.07, 6.45) is 0. The molecule has 0 aliphatic heterocycles. The minimum absolute atomic E-state index is 0.137. The van der Waals surface area contributed by atoms with Crippen LogP contribution in [0, 0.1) is 6.92 Å². The molecule has 6 heteroatoms. The van der Waals surface area contributed by atoms with E-state index in [1.165, 1.54) is 20.3 Å². The van der Waals surface area contributed by atoms with Gasteiger partial charge in [-0.05, 0) is 31.2 Å². The number of benzene rings is 1. The van der Waals surface area contributed by atoms with E-state index in [-0.39, 0.29) is 5.56 Å². The standard InChI is InChI=1S/C16H17NO5/c1-9-12(16(20)22-4)8-14(17(9)2)13-7-10(21-3)5-6-11(13)15(18)19/h5-8H,1-4H3,(H,18,19). The van der Waals surface area contributed by atoms with Crippen molar-refractivity contribution in [2.45, 2.75) is 6.92 Å². The molecule has 0 saturated carbocycles.